The van der Waals surface area contributed by atoms with Crippen molar-refractivity contribution in [2.45, 2.75) is 37.5 Å². The number of carbonyl (C=O) groups excluding carboxylic acids is 2. The molecule has 0 aliphatic heterocycles. The van der Waals surface area contributed by atoms with Gasteiger partial charge in [0, 0.05) is 24.3 Å². The molecule has 0 bridgehead atoms. The van der Waals surface area contributed by atoms with Crippen molar-refractivity contribution >= 4 is 34.6 Å². The molecule has 0 aliphatic carbocycles. The first-order valence-corrected chi connectivity index (χ1v) is 9.82. The van der Waals surface area contributed by atoms with Gasteiger partial charge >= 0.3 is 35.5 Å². The molecule has 0 atom stereocenters. The van der Waals surface area contributed by atoms with Crippen LogP contribution in [0.5, 0.6) is 0 Å². The first kappa shape index (κ1) is 29.8. The molecule has 0 fully saturated rings. The van der Waals surface area contributed by atoms with Gasteiger partial charge in [-0.3, -0.25) is 29.8 Å². The molecule has 0 radical (unpaired) electrons. The number of alkyl halides is 8. The molecule has 0 aliphatic rings. The van der Waals surface area contributed by atoms with E-state index >= 15 is 0 Å². The summed E-state index contributed by atoms with van der Waals surface area (Å²) in [5.41, 5.74) is -3.90. The first-order chi connectivity index (χ1) is 17.2. The predicted octanol–water partition coefficient (Wildman–Crippen LogP) is 5.24. The fourth-order valence-electron chi connectivity index (χ4n) is 2.80. The average molecular weight is 558 g/mol. The lowest BCUT2D eigenvalue weighted by molar-refractivity contribution is -0.385. The van der Waals surface area contributed by atoms with Crippen molar-refractivity contribution in [3.63, 3.8) is 0 Å². The first-order valence-electron chi connectivity index (χ1n) is 9.82. The third-order valence-corrected chi connectivity index (χ3v) is 5.11. The van der Waals surface area contributed by atoms with Gasteiger partial charge in [0.1, 0.15) is 0 Å². The van der Waals surface area contributed by atoms with Gasteiger partial charge in [-0.25, -0.2) is 0 Å². The lowest BCUT2D eigenvalue weighted by atomic mass is 9.97. The van der Waals surface area contributed by atoms with Crippen LogP contribution in [0.3, 0.4) is 0 Å². The van der Waals surface area contributed by atoms with E-state index in [1.54, 1.807) is 0 Å². The van der Waals surface area contributed by atoms with Crippen molar-refractivity contribution in [3.05, 3.63) is 67.8 Å². The van der Waals surface area contributed by atoms with Crippen LogP contribution in [0.25, 0.3) is 0 Å². The molecule has 10 nitrogen and oxygen atoms in total. The Bertz CT molecular complexity index is 1220. The van der Waals surface area contributed by atoms with E-state index in [1.165, 1.54) is 0 Å². The van der Waals surface area contributed by atoms with Crippen molar-refractivity contribution < 1.29 is 54.6 Å². The maximum Gasteiger partial charge on any atom is 0.393 e. The Hall–Kier alpha value is -4.38. The zero-order valence-electron chi connectivity index (χ0n) is 18.8. The summed E-state index contributed by atoms with van der Waals surface area (Å²) in [4.78, 5) is 43.1. The van der Waals surface area contributed by atoms with E-state index in [4.69, 9.17) is 0 Å². The standard InChI is InChI=1S/C20H14F8N4O6/c1-9-3-5-11(31(35)36)7-13(9)29-15(33)17(21,22)19(25,26)20(27,28)18(23,24)16(34)30-14-8-12(32(37)38)6-4-10(14)2/h3-8H,1-2H3,(H,29,33)(H,30,34). The lowest BCUT2D eigenvalue weighted by Crippen LogP contribution is -2.67. The quantitative estimate of drug-likeness (QED) is 0.245. The van der Waals surface area contributed by atoms with Crippen molar-refractivity contribution in [1.29, 1.82) is 0 Å². The highest BCUT2D eigenvalue weighted by molar-refractivity contribution is 6.00. The third kappa shape index (κ3) is 5.05. The molecule has 2 N–H and O–H groups in total. The zero-order valence-corrected chi connectivity index (χ0v) is 18.8. The summed E-state index contributed by atoms with van der Waals surface area (Å²) < 4.78 is 114. The van der Waals surface area contributed by atoms with Crippen LogP contribution in [0, 0.1) is 34.1 Å². The van der Waals surface area contributed by atoms with Crippen LogP contribution in [-0.4, -0.2) is 45.4 Å². The van der Waals surface area contributed by atoms with Crippen molar-refractivity contribution in [1.82, 2.24) is 0 Å². The summed E-state index contributed by atoms with van der Waals surface area (Å²) in [5, 5.41) is 23.7. The van der Waals surface area contributed by atoms with Gasteiger partial charge in [-0.15, -0.1) is 0 Å². The predicted molar refractivity (Wildman–Crippen MR) is 113 cm³/mol. The molecule has 0 aromatic heterocycles. The number of nitrogens with zero attached hydrogens (tertiary/aromatic N) is 2. The number of carbonyl (C=O) groups is 2. The Morgan fingerprint density at radius 3 is 1.21 bits per heavy atom. The van der Waals surface area contributed by atoms with Gasteiger partial charge in [-0.05, 0) is 25.0 Å². The van der Waals surface area contributed by atoms with Crippen LogP contribution >= 0.6 is 0 Å². The van der Waals surface area contributed by atoms with Gasteiger partial charge in [0.25, 0.3) is 11.4 Å². The summed E-state index contributed by atoms with van der Waals surface area (Å²) in [5.74, 6) is -34.1. The highest BCUT2D eigenvalue weighted by atomic mass is 19.4. The zero-order chi connectivity index (χ0) is 29.4. The fourth-order valence-corrected chi connectivity index (χ4v) is 2.80. The maximum absolute atomic E-state index is 14.3. The lowest BCUT2D eigenvalue weighted by Gasteiger charge is -2.35. The number of nitro groups is 2. The van der Waals surface area contributed by atoms with Gasteiger partial charge in [-0.2, -0.15) is 35.1 Å². The monoisotopic (exact) mass is 558 g/mol. The van der Waals surface area contributed by atoms with Crippen molar-refractivity contribution in [3.8, 4) is 0 Å². The summed E-state index contributed by atoms with van der Waals surface area (Å²) in [6.07, 6.45) is 0. The molecule has 2 rings (SSSR count). The van der Waals surface area contributed by atoms with Crippen molar-refractivity contribution in [2.75, 3.05) is 10.6 Å². The number of anilines is 2. The van der Waals surface area contributed by atoms with Crippen LogP contribution < -0.4 is 10.6 Å². The number of nitrogens with one attached hydrogen (secondary N) is 2. The summed E-state index contributed by atoms with van der Waals surface area (Å²) in [7, 11) is 0. The van der Waals surface area contributed by atoms with E-state index in [-0.39, 0.29) is 11.1 Å². The number of benzene rings is 2. The van der Waals surface area contributed by atoms with E-state index in [9.17, 15) is 64.9 Å². The molecule has 0 saturated carbocycles. The van der Waals surface area contributed by atoms with E-state index in [1.807, 2.05) is 0 Å². The van der Waals surface area contributed by atoms with Gasteiger partial charge in [-0.1, -0.05) is 12.1 Å². The maximum atomic E-state index is 14.3. The average Bonchev–Trinajstić information content (AvgIpc) is 2.80. The molecule has 0 unspecified atom stereocenters. The molecule has 2 aromatic carbocycles. The summed E-state index contributed by atoms with van der Waals surface area (Å²) >= 11 is 0. The van der Waals surface area contributed by atoms with E-state index in [0.717, 1.165) is 48.7 Å². The minimum absolute atomic E-state index is 0.230. The third-order valence-electron chi connectivity index (χ3n) is 5.11. The second-order valence-corrected chi connectivity index (χ2v) is 7.72. The fraction of sp³-hybridized carbons (Fsp3) is 0.300. The molecule has 18 heteroatoms. The molecule has 38 heavy (non-hydrogen) atoms. The van der Waals surface area contributed by atoms with Crippen LogP contribution in [-0.2, 0) is 9.59 Å². The number of halogens is 8. The van der Waals surface area contributed by atoms with Gasteiger partial charge < -0.3 is 10.6 Å². The minimum Gasteiger partial charge on any atom is -0.320 e. The number of non-ortho nitro benzene ring substituents is 2. The van der Waals surface area contributed by atoms with Crippen LogP contribution in [0.4, 0.5) is 57.9 Å². The minimum atomic E-state index is -7.21. The number of hydrogen-bond acceptors (Lipinski definition) is 6. The Labute approximate surface area is 205 Å². The van der Waals surface area contributed by atoms with Crippen LogP contribution in [0.2, 0.25) is 0 Å². The highest BCUT2D eigenvalue weighted by Gasteiger charge is 2.84. The molecule has 0 spiro atoms. The SMILES string of the molecule is Cc1ccc([N+](=O)[O-])cc1NC(=O)C(F)(F)C(F)(F)C(F)(F)C(F)(F)C(=O)Nc1cc([N+](=O)[O-])ccc1C. The number of amides is 2. The van der Waals surface area contributed by atoms with E-state index in [0.29, 0.717) is 12.1 Å². The Morgan fingerprint density at radius 2 is 0.947 bits per heavy atom. The normalized spacial score (nSPS) is 12.6. The molecule has 2 amide bonds. The number of hydrogen-bond donors (Lipinski definition) is 2. The second-order valence-electron chi connectivity index (χ2n) is 7.72. The molecule has 206 valence electrons. The largest absolute Gasteiger partial charge is 0.393 e. The number of nitro benzene ring substituents is 2. The summed E-state index contributed by atoms with van der Waals surface area (Å²) in [6, 6.07) is 4.26. The van der Waals surface area contributed by atoms with Crippen LogP contribution in [0.15, 0.2) is 36.4 Å². The van der Waals surface area contributed by atoms with Crippen molar-refractivity contribution in [2.24, 2.45) is 0 Å². The number of rotatable bonds is 9. The van der Waals surface area contributed by atoms with Gasteiger partial charge in [0.15, 0.2) is 0 Å². The Morgan fingerprint density at radius 1 is 0.658 bits per heavy atom. The van der Waals surface area contributed by atoms with Gasteiger partial charge in [0.05, 0.1) is 21.2 Å². The number of aryl methyl sites for hydroxylation is 2. The Balaban J connectivity index is 2.41. The van der Waals surface area contributed by atoms with Crippen LogP contribution in [0.1, 0.15) is 11.1 Å². The van der Waals surface area contributed by atoms with E-state index in [2.05, 4.69) is 0 Å². The molecule has 0 heterocycles. The molecule has 0 saturated heterocycles. The molecule has 2 aromatic rings. The topological polar surface area (TPSA) is 144 Å². The second kappa shape index (κ2) is 9.82. The smallest absolute Gasteiger partial charge is 0.320 e. The van der Waals surface area contributed by atoms with E-state index < -0.39 is 68.1 Å². The Kier molecular flexibility index (Phi) is 7.72. The summed E-state index contributed by atoms with van der Waals surface area (Å²) in [6.45, 7) is 2.11. The molecular weight excluding hydrogens is 544 g/mol. The van der Waals surface area contributed by atoms with Gasteiger partial charge in [0.2, 0.25) is 0 Å². The molecular formula is C20H14F8N4O6. The highest BCUT2D eigenvalue weighted by Crippen LogP contribution is 2.53.